The Morgan fingerprint density at radius 3 is 2.50 bits per heavy atom. The average Bonchev–Trinajstić information content (AvgIpc) is 2.55. The molecule has 26 heavy (non-hydrogen) atoms. The van der Waals surface area contributed by atoms with Gasteiger partial charge in [0.05, 0.1) is 6.61 Å². The summed E-state index contributed by atoms with van der Waals surface area (Å²) in [4.78, 5) is 11.5. The Bertz CT molecular complexity index is 826. The third kappa shape index (κ3) is 4.75. The molecule has 0 aromatic heterocycles. The number of rotatable bonds is 5. The van der Waals surface area contributed by atoms with Gasteiger partial charge in [-0.2, -0.15) is 0 Å². The molecule has 0 aliphatic heterocycles. The first-order chi connectivity index (χ1) is 12.1. The van der Waals surface area contributed by atoms with E-state index in [2.05, 4.69) is 27.4 Å². The highest BCUT2D eigenvalue weighted by Gasteiger charge is 2.21. The van der Waals surface area contributed by atoms with Crippen molar-refractivity contribution in [1.82, 2.24) is 0 Å². The Labute approximate surface area is 156 Å². The number of hydrogen-bond acceptors (Lipinski definition) is 3. The number of carbonyl (C=O) groups excluding carboxylic acids is 1. The maximum absolute atomic E-state index is 11.5. The molecule has 0 spiro atoms. The van der Waals surface area contributed by atoms with Crippen LogP contribution in [-0.2, 0) is 21.4 Å². The number of esters is 1. The minimum atomic E-state index is -0.368. The lowest BCUT2D eigenvalue weighted by Gasteiger charge is -2.23. The average molecular weight is 352 g/mol. The van der Waals surface area contributed by atoms with Gasteiger partial charge in [0.25, 0.3) is 0 Å². The fourth-order valence-electron chi connectivity index (χ4n) is 2.85. The van der Waals surface area contributed by atoms with E-state index in [1.807, 2.05) is 43.3 Å². The van der Waals surface area contributed by atoms with Gasteiger partial charge in [-0.05, 0) is 42.0 Å². The fourth-order valence-corrected chi connectivity index (χ4v) is 2.85. The predicted molar refractivity (Wildman–Crippen MR) is 106 cm³/mol. The molecule has 0 aliphatic carbocycles. The van der Waals surface area contributed by atoms with Gasteiger partial charge >= 0.3 is 5.97 Å². The van der Waals surface area contributed by atoms with Crippen LogP contribution in [-0.4, -0.2) is 17.7 Å². The summed E-state index contributed by atoms with van der Waals surface area (Å²) in [6.45, 7) is 13.8. The molecular weight excluding hydrogens is 324 g/mol. The number of phenolic OH excluding ortho intramolecular Hbond substituents is 1. The van der Waals surface area contributed by atoms with Crippen LogP contribution in [0.5, 0.6) is 5.75 Å². The first-order valence-electron chi connectivity index (χ1n) is 8.85. The first-order valence-corrected chi connectivity index (χ1v) is 8.85. The largest absolute Gasteiger partial charge is 0.507 e. The fraction of sp³-hybridized carbons (Fsp3) is 0.348. The molecule has 2 rings (SSSR count). The Hall–Kier alpha value is -2.55. The van der Waals surface area contributed by atoms with Gasteiger partial charge in [-0.1, -0.05) is 57.7 Å². The normalized spacial score (nSPS) is 11.3. The lowest BCUT2D eigenvalue weighted by molar-refractivity contribution is -0.138. The SMILES string of the molecule is C=C(C)C(=O)OCCc1cccc(-c2cc(C)cc(C(C)(C)C)c2O)c1. The molecule has 1 N–H and O–H groups in total. The number of ether oxygens (including phenoxy) is 1. The summed E-state index contributed by atoms with van der Waals surface area (Å²) in [7, 11) is 0. The monoisotopic (exact) mass is 352 g/mol. The minimum Gasteiger partial charge on any atom is -0.507 e. The van der Waals surface area contributed by atoms with Crippen molar-refractivity contribution in [3.8, 4) is 16.9 Å². The van der Waals surface area contributed by atoms with Crippen LogP contribution in [0.1, 0.15) is 44.4 Å². The van der Waals surface area contributed by atoms with Crippen LogP contribution >= 0.6 is 0 Å². The van der Waals surface area contributed by atoms with E-state index in [0.717, 1.165) is 27.8 Å². The summed E-state index contributed by atoms with van der Waals surface area (Å²) in [6, 6.07) is 12.0. The van der Waals surface area contributed by atoms with E-state index < -0.39 is 0 Å². The summed E-state index contributed by atoms with van der Waals surface area (Å²) >= 11 is 0. The standard InChI is InChI=1S/C23H28O3/c1-15(2)22(25)26-11-10-17-8-7-9-18(14-17)19-12-16(3)13-20(21(19)24)23(4,5)6/h7-9,12-14,24H,1,10-11H2,2-6H3. The molecule has 0 atom stereocenters. The number of carbonyl (C=O) groups is 1. The number of aromatic hydroxyl groups is 1. The van der Waals surface area contributed by atoms with E-state index in [9.17, 15) is 9.90 Å². The molecule has 0 aliphatic rings. The maximum Gasteiger partial charge on any atom is 0.333 e. The van der Waals surface area contributed by atoms with Gasteiger partial charge in [0.1, 0.15) is 5.75 Å². The molecular formula is C23H28O3. The molecule has 3 nitrogen and oxygen atoms in total. The number of hydrogen-bond donors (Lipinski definition) is 1. The van der Waals surface area contributed by atoms with E-state index in [-0.39, 0.29) is 11.4 Å². The van der Waals surface area contributed by atoms with Gasteiger partial charge in [0.2, 0.25) is 0 Å². The maximum atomic E-state index is 11.5. The zero-order chi connectivity index (χ0) is 19.5. The highest BCUT2D eigenvalue weighted by atomic mass is 16.5. The zero-order valence-electron chi connectivity index (χ0n) is 16.3. The molecule has 0 heterocycles. The molecule has 0 saturated heterocycles. The Balaban J connectivity index is 2.29. The van der Waals surface area contributed by atoms with Crippen LogP contribution < -0.4 is 0 Å². The Morgan fingerprint density at radius 1 is 1.19 bits per heavy atom. The second-order valence-electron chi connectivity index (χ2n) is 7.83. The molecule has 2 aromatic rings. The molecule has 0 amide bonds. The summed E-state index contributed by atoms with van der Waals surface area (Å²) in [5.41, 5.74) is 5.15. The van der Waals surface area contributed by atoms with Crippen LogP contribution in [0.3, 0.4) is 0 Å². The number of benzene rings is 2. The van der Waals surface area contributed by atoms with E-state index in [1.165, 1.54) is 0 Å². The second kappa shape index (κ2) is 7.77. The third-order valence-electron chi connectivity index (χ3n) is 4.27. The topological polar surface area (TPSA) is 46.5 Å². The van der Waals surface area contributed by atoms with Crippen LogP contribution in [0.2, 0.25) is 0 Å². The Kier molecular flexibility index (Phi) is 5.91. The number of aryl methyl sites for hydroxylation is 1. The smallest absolute Gasteiger partial charge is 0.333 e. The molecule has 0 saturated carbocycles. The van der Waals surface area contributed by atoms with Gasteiger partial charge in [-0.25, -0.2) is 4.79 Å². The third-order valence-corrected chi connectivity index (χ3v) is 4.27. The molecule has 0 fully saturated rings. The van der Waals surface area contributed by atoms with Crippen molar-refractivity contribution >= 4 is 5.97 Å². The van der Waals surface area contributed by atoms with Crippen molar-refractivity contribution < 1.29 is 14.6 Å². The van der Waals surface area contributed by atoms with Crippen LogP contribution in [0, 0.1) is 6.92 Å². The van der Waals surface area contributed by atoms with E-state index in [1.54, 1.807) is 6.92 Å². The highest BCUT2D eigenvalue weighted by Crippen LogP contribution is 2.39. The minimum absolute atomic E-state index is 0.140. The van der Waals surface area contributed by atoms with Crippen molar-refractivity contribution in [1.29, 1.82) is 0 Å². The van der Waals surface area contributed by atoms with E-state index in [4.69, 9.17) is 4.74 Å². The quantitative estimate of drug-likeness (QED) is 0.584. The van der Waals surface area contributed by atoms with E-state index in [0.29, 0.717) is 24.4 Å². The highest BCUT2D eigenvalue weighted by molar-refractivity contribution is 5.86. The van der Waals surface area contributed by atoms with Crippen molar-refractivity contribution in [3.05, 3.63) is 65.2 Å². The van der Waals surface area contributed by atoms with Gasteiger partial charge in [0, 0.05) is 23.1 Å². The van der Waals surface area contributed by atoms with Gasteiger partial charge in [0.15, 0.2) is 0 Å². The molecule has 0 unspecified atom stereocenters. The van der Waals surface area contributed by atoms with Crippen molar-refractivity contribution in [2.75, 3.05) is 6.61 Å². The predicted octanol–water partition coefficient (Wildman–Crippen LogP) is 5.33. The molecule has 0 bridgehead atoms. The van der Waals surface area contributed by atoms with Crippen LogP contribution in [0.15, 0.2) is 48.6 Å². The summed E-state index contributed by atoms with van der Waals surface area (Å²) < 4.78 is 5.17. The van der Waals surface area contributed by atoms with Crippen molar-refractivity contribution in [2.24, 2.45) is 0 Å². The van der Waals surface area contributed by atoms with Gasteiger partial charge < -0.3 is 9.84 Å². The molecule has 0 radical (unpaired) electrons. The zero-order valence-corrected chi connectivity index (χ0v) is 16.3. The summed E-state index contributed by atoms with van der Waals surface area (Å²) in [6.07, 6.45) is 0.617. The summed E-state index contributed by atoms with van der Waals surface area (Å²) in [5, 5.41) is 10.8. The lowest BCUT2D eigenvalue weighted by atomic mass is 9.83. The van der Waals surface area contributed by atoms with Crippen molar-refractivity contribution in [3.63, 3.8) is 0 Å². The molecule has 2 aromatic carbocycles. The van der Waals surface area contributed by atoms with Gasteiger partial charge in [-0.3, -0.25) is 0 Å². The van der Waals surface area contributed by atoms with E-state index >= 15 is 0 Å². The summed E-state index contributed by atoms with van der Waals surface area (Å²) in [5.74, 6) is -0.0405. The lowest BCUT2D eigenvalue weighted by Crippen LogP contribution is -2.12. The first kappa shape index (κ1) is 19.8. The number of phenols is 1. The van der Waals surface area contributed by atoms with Crippen molar-refractivity contribution in [2.45, 2.75) is 46.5 Å². The van der Waals surface area contributed by atoms with Crippen LogP contribution in [0.4, 0.5) is 0 Å². The second-order valence-corrected chi connectivity index (χ2v) is 7.83. The van der Waals surface area contributed by atoms with Crippen LogP contribution in [0.25, 0.3) is 11.1 Å². The molecule has 3 heteroatoms. The van der Waals surface area contributed by atoms with Gasteiger partial charge in [-0.15, -0.1) is 0 Å². The molecule has 138 valence electrons. The Morgan fingerprint density at radius 2 is 1.88 bits per heavy atom.